The summed E-state index contributed by atoms with van der Waals surface area (Å²) in [6, 6.07) is 8.07. The standard InChI is InChI=1S/C21H20N6O5.C2HF3O2/c1-11-8-13(27(29)30)9-16-18(11)24-21(25-19(16)28)26-20-22-12(2)15-10-14(32-7-6-31-3)4-5-17(15)23-20;3-2(4,5)1(6)7/h4-5,8-10H,6-7H2,1-3H3,(H2,22,23,24,25,26,28);(H,6,7). The Morgan fingerprint density at radius 3 is 2.44 bits per heavy atom. The van der Waals surface area contributed by atoms with Crippen molar-refractivity contribution in [2.45, 2.75) is 20.0 Å². The van der Waals surface area contributed by atoms with E-state index in [1.165, 1.54) is 12.1 Å². The summed E-state index contributed by atoms with van der Waals surface area (Å²) in [6.45, 7) is 4.42. The second kappa shape index (κ2) is 11.7. The number of carbonyl (C=O) groups is 1. The molecule has 0 bridgehead atoms. The third-order valence-corrected chi connectivity index (χ3v) is 5.08. The van der Waals surface area contributed by atoms with Crippen LogP contribution in [0.25, 0.3) is 21.8 Å². The lowest BCUT2D eigenvalue weighted by Crippen LogP contribution is -2.21. The van der Waals surface area contributed by atoms with Gasteiger partial charge < -0.3 is 14.6 Å². The van der Waals surface area contributed by atoms with Gasteiger partial charge in [0, 0.05) is 24.6 Å². The number of nitro benzene ring substituents is 1. The second-order valence-electron chi connectivity index (χ2n) is 7.91. The number of nitrogens with zero attached hydrogens (tertiary/aromatic N) is 4. The Kier molecular flexibility index (Phi) is 8.60. The van der Waals surface area contributed by atoms with E-state index >= 15 is 0 Å². The molecule has 13 nitrogen and oxygen atoms in total. The molecule has 0 aliphatic carbocycles. The summed E-state index contributed by atoms with van der Waals surface area (Å²) in [5, 5.41) is 22.1. The van der Waals surface area contributed by atoms with E-state index in [0.29, 0.717) is 41.3 Å². The zero-order chi connectivity index (χ0) is 28.9. The van der Waals surface area contributed by atoms with Crippen molar-refractivity contribution in [3.63, 3.8) is 0 Å². The van der Waals surface area contributed by atoms with Crippen LogP contribution in [0.15, 0.2) is 35.1 Å². The first-order valence-corrected chi connectivity index (χ1v) is 11.0. The van der Waals surface area contributed by atoms with Gasteiger partial charge in [0.1, 0.15) is 12.4 Å². The molecule has 39 heavy (non-hydrogen) atoms. The Bertz CT molecular complexity index is 1610. The highest BCUT2D eigenvalue weighted by Crippen LogP contribution is 2.25. The molecule has 206 valence electrons. The number of alkyl halides is 3. The Morgan fingerprint density at radius 2 is 1.82 bits per heavy atom. The molecule has 0 aliphatic rings. The van der Waals surface area contributed by atoms with E-state index in [4.69, 9.17) is 19.4 Å². The van der Waals surface area contributed by atoms with E-state index in [1.807, 2.05) is 19.1 Å². The van der Waals surface area contributed by atoms with Crippen LogP contribution in [0.1, 0.15) is 11.3 Å². The Hall–Kier alpha value is -4.86. The highest BCUT2D eigenvalue weighted by molar-refractivity contribution is 5.85. The lowest BCUT2D eigenvalue weighted by Gasteiger charge is -2.10. The van der Waals surface area contributed by atoms with Gasteiger partial charge >= 0.3 is 12.1 Å². The summed E-state index contributed by atoms with van der Waals surface area (Å²) in [5.41, 5.74) is 1.61. The number of ether oxygens (including phenoxy) is 2. The summed E-state index contributed by atoms with van der Waals surface area (Å²) >= 11 is 0. The van der Waals surface area contributed by atoms with E-state index in [9.17, 15) is 28.1 Å². The van der Waals surface area contributed by atoms with E-state index in [1.54, 1.807) is 20.1 Å². The number of non-ortho nitro benzene ring substituents is 1. The van der Waals surface area contributed by atoms with Gasteiger partial charge in [-0.3, -0.25) is 25.2 Å². The zero-order valence-electron chi connectivity index (χ0n) is 20.6. The number of aromatic amines is 1. The number of hydrogen-bond donors (Lipinski definition) is 3. The molecule has 0 fully saturated rings. The third-order valence-electron chi connectivity index (χ3n) is 5.08. The second-order valence-corrected chi connectivity index (χ2v) is 7.91. The van der Waals surface area contributed by atoms with Crippen LogP contribution in [0.3, 0.4) is 0 Å². The molecule has 2 aromatic carbocycles. The van der Waals surface area contributed by atoms with Crippen molar-refractivity contribution in [1.29, 1.82) is 0 Å². The molecule has 16 heteroatoms. The van der Waals surface area contributed by atoms with Gasteiger partial charge in [0.05, 0.1) is 33.6 Å². The van der Waals surface area contributed by atoms with E-state index in [2.05, 4.69) is 25.3 Å². The van der Waals surface area contributed by atoms with Crippen LogP contribution >= 0.6 is 0 Å². The van der Waals surface area contributed by atoms with E-state index in [-0.39, 0.29) is 23.0 Å². The van der Waals surface area contributed by atoms with Crippen LogP contribution in [-0.2, 0) is 9.53 Å². The predicted octanol–water partition coefficient (Wildman–Crippen LogP) is 3.79. The average Bonchev–Trinajstić information content (AvgIpc) is 2.85. The smallest absolute Gasteiger partial charge is 0.490 e. The molecule has 4 rings (SSSR count). The summed E-state index contributed by atoms with van der Waals surface area (Å²) < 4.78 is 42.4. The number of rotatable bonds is 7. The number of carboxylic acid groups (broad SMARTS) is 1. The molecule has 0 amide bonds. The van der Waals surface area contributed by atoms with Gasteiger partial charge in [-0.25, -0.2) is 19.7 Å². The summed E-state index contributed by atoms with van der Waals surface area (Å²) in [7, 11) is 1.61. The molecule has 4 aromatic rings. The molecule has 0 atom stereocenters. The molecule has 0 aliphatic heterocycles. The molecule has 0 saturated heterocycles. The predicted molar refractivity (Wildman–Crippen MR) is 132 cm³/mol. The monoisotopic (exact) mass is 550 g/mol. The first-order chi connectivity index (χ1) is 18.3. The summed E-state index contributed by atoms with van der Waals surface area (Å²) in [5.74, 6) is -1.68. The van der Waals surface area contributed by atoms with Gasteiger partial charge in [-0.1, -0.05) is 0 Å². The minimum atomic E-state index is -5.08. The number of methoxy groups -OCH3 is 1. The first kappa shape index (κ1) is 28.7. The van der Waals surface area contributed by atoms with Crippen molar-refractivity contribution < 1.29 is 37.5 Å². The molecule has 3 N–H and O–H groups in total. The number of halogens is 3. The lowest BCUT2D eigenvalue weighted by atomic mass is 10.1. The van der Waals surface area contributed by atoms with Crippen molar-refractivity contribution in [2.24, 2.45) is 0 Å². The molecule has 0 saturated carbocycles. The fraction of sp³-hybridized carbons (Fsp3) is 0.261. The molecule has 2 heterocycles. The van der Waals surface area contributed by atoms with E-state index < -0.39 is 22.6 Å². The Morgan fingerprint density at radius 1 is 1.13 bits per heavy atom. The van der Waals surface area contributed by atoms with Gasteiger partial charge in [0.15, 0.2) is 0 Å². The quantitative estimate of drug-likeness (QED) is 0.173. The summed E-state index contributed by atoms with van der Waals surface area (Å²) in [6.07, 6.45) is -5.08. The minimum Gasteiger partial charge on any atom is -0.491 e. The number of aryl methyl sites for hydroxylation is 2. The molecule has 0 spiro atoms. The van der Waals surface area contributed by atoms with Crippen LogP contribution < -0.4 is 15.6 Å². The van der Waals surface area contributed by atoms with Crippen LogP contribution in [0.5, 0.6) is 5.75 Å². The number of benzene rings is 2. The minimum absolute atomic E-state index is 0.137. The maximum atomic E-state index is 12.5. The number of carboxylic acids is 1. The van der Waals surface area contributed by atoms with E-state index in [0.717, 1.165) is 5.39 Å². The number of nitrogens with one attached hydrogen (secondary N) is 2. The number of fused-ring (bicyclic) bond motifs is 2. The fourth-order valence-electron chi connectivity index (χ4n) is 3.32. The van der Waals surface area contributed by atoms with Crippen molar-refractivity contribution in [3.05, 3.63) is 62.1 Å². The normalized spacial score (nSPS) is 11.1. The maximum Gasteiger partial charge on any atom is 0.490 e. The number of H-pyrrole nitrogens is 1. The lowest BCUT2D eigenvalue weighted by molar-refractivity contribution is -0.384. The molecular formula is C23H21F3N6O7. The number of anilines is 2. The van der Waals surface area contributed by atoms with Gasteiger partial charge in [-0.05, 0) is 37.6 Å². The topological polar surface area (TPSA) is 182 Å². The third kappa shape index (κ3) is 7.13. The highest BCUT2D eigenvalue weighted by atomic mass is 19.4. The van der Waals surface area contributed by atoms with Crippen molar-refractivity contribution in [1.82, 2.24) is 19.9 Å². The molecule has 0 radical (unpaired) electrons. The fourth-order valence-corrected chi connectivity index (χ4v) is 3.32. The van der Waals surface area contributed by atoms with Gasteiger partial charge in [0.2, 0.25) is 11.9 Å². The zero-order valence-corrected chi connectivity index (χ0v) is 20.6. The summed E-state index contributed by atoms with van der Waals surface area (Å²) in [4.78, 5) is 47.9. The maximum absolute atomic E-state index is 12.5. The molecule has 2 aromatic heterocycles. The van der Waals surface area contributed by atoms with Crippen LogP contribution in [0.2, 0.25) is 0 Å². The van der Waals surface area contributed by atoms with Crippen molar-refractivity contribution in [3.8, 4) is 5.75 Å². The number of nitro groups is 1. The highest BCUT2D eigenvalue weighted by Gasteiger charge is 2.38. The van der Waals surface area contributed by atoms with Crippen LogP contribution in [0, 0.1) is 24.0 Å². The number of aliphatic carboxylic acids is 1. The SMILES string of the molecule is COCCOc1ccc2nc(Nc3nc4c(C)cc([N+](=O)[O-])cc4c(=O)[nH]3)nc(C)c2c1.O=C(O)C(F)(F)F. The molecular weight excluding hydrogens is 529 g/mol. The van der Waals surface area contributed by atoms with Crippen LogP contribution in [0.4, 0.5) is 30.8 Å². The number of aromatic nitrogens is 4. The van der Waals surface area contributed by atoms with Crippen molar-refractivity contribution >= 4 is 45.4 Å². The van der Waals surface area contributed by atoms with Crippen molar-refractivity contribution in [2.75, 3.05) is 25.6 Å². The average molecular weight is 550 g/mol. The van der Waals surface area contributed by atoms with Gasteiger partial charge in [-0.2, -0.15) is 13.2 Å². The largest absolute Gasteiger partial charge is 0.491 e. The first-order valence-electron chi connectivity index (χ1n) is 11.0. The number of hydrogen-bond acceptors (Lipinski definition) is 10. The Balaban J connectivity index is 0.000000532. The van der Waals surface area contributed by atoms with Crippen LogP contribution in [-0.4, -0.2) is 62.4 Å². The molecule has 0 unspecified atom stereocenters. The Labute approximate surface area is 216 Å². The van der Waals surface area contributed by atoms with Gasteiger partial charge in [-0.15, -0.1) is 0 Å². The van der Waals surface area contributed by atoms with Gasteiger partial charge in [0.25, 0.3) is 11.2 Å².